The maximum atomic E-state index is 11.8. The average molecular weight is 354 g/mol. The lowest BCUT2D eigenvalue weighted by Crippen LogP contribution is -2.59. The van der Waals surface area contributed by atoms with Crippen LogP contribution in [-0.4, -0.2) is 70.3 Å². The number of cyclic esters (lactones) is 1. The fourth-order valence-electron chi connectivity index (χ4n) is 3.11. The summed E-state index contributed by atoms with van der Waals surface area (Å²) in [6.07, 6.45) is -5.68. The molecule has 1 aromatic rings. The molecule has 8 nitrogen and oxygen atoms in total. The lowest BCUT2D eigenvalue weighted by Gasteiger charge is -2.39. The van der Waals surface area contributed by atoms with E-state index in [0.717, 1.165) is 5.56 Å². The van der Waals surface area contributed by atoms with E-state index in [4.69, 9.17) is 19.3 Å². The summed E-state index contributed by atoms with van der Waals surface area (Å²) in [5, 5.41) is 38.4. The molecule has 0 spiro atoms. The van der Waals surface area contributed by atoms with Crippen molar-refractivity contribution in [1.82, 2.24) is 0 Å². The van der Waals surface area contributed by atoms with Gasteiger partial charge in [0.1, 0.15) is 30.5 Å². The van der Waals surface area contributed by atoms with E-state index in [1.54, 1.807) is 12.1 Å². The molecule has 4 N–H and O–H groups in total. The molecule has 1 saturated heterocycles. The Morgan fingerprint density at radius 1 is 1.08 bits per heavy atom. The molecule has 1 aromatic carbocycles. The van der Waals surface area contributed by atoms with Crippen LogP contribution in [0.3, 0.4) is 0 Å². The predicted molar refractivity (Wildman–Crippen MR) is 83.6 cm³/mol. The quantitative estimate of drug-likeness (QED) is 0.398. The highest BCUT2D eigenvalue weighted by Crippen LogP contribution is 2.33. The molecule has 0 bridgehead atoms. The van der Waals surface area contributed by atoms with Crippen LogP contribution in [0.5, 0.6) is 0 Å². The van der Waals surface area contributed by atoms with Crippen LogP contribution in [0.2, 0.25) is 0 Å². The van der Waals surface area contributed by atoms with Crippen molar-refractivity contribution in [3.8, 4) is 0 Å². The third-order valence-corrected chi connectivity index (χ3v) is 4.52. The molecule has 1 fully saturated rings. The van der Waals surface area contributed by atoms with Crippen molar-refractivity contribution in [3.63, 3.8) is 0 Å². The lowest BCUT2D eigenvalue weighted by atomic mass is 9.99. The van der Waals surface area contributed by atoms with E-state index in [0.29, 0.717) is 18.4 Å². The summed E-state index contributed by atoms with van der Waals surface area (Å²) in [4.78, 5) is 11.8. The molecule has 2 aliphatic heterocycles. The number of hydrogen-bond donors (Lipinski definition) is 4. The van der Waals surface area contributed by atoms with Gasteiger partial charge in [-0.3, -0.25) is 0 Å². The molecule has 138 valence electrons. The van der Waals surface area contributed by atoms with Crippen LogP contribution in [0, 0.1) is 0 Å². The van der Waals surface area contributed by atoms with Crippen LogP contribution in [0.25, 0.3) is 0 Å². The maximum absolute atomic E-state index is 11.8. The van der Waals surface area contributed by atoms with Crippen LogP contribution in [0.1, 0.15) is 34.9 Å². The molecule has 0 aromatic heterocycles. The third kappa shape index (κ3) is 3.69. The van der Waals surface area contributed by atoms with Crippen molar-refractivity contribution in [3.05, 3.63) is 35.4 Å². The van der Waals surface area contributed by atoms with Crippen molar-refractivity contribution in [2.75, 3.05) is 13.2 Å². The van der Waals surface area contributed by atoms with E-state index < -0.39 is 37.3 Å². The Kier molecular flexibility index (Phi) is 5.67. The van der Waals surface area contributed by atoms with E-state index >= 15 is 0 Å². The topological polar surface area (TPSA) is 126 Å². The monoisotopic (exact) mass is 354 g/mol. The summed E-state index contributed by atoms with van der Waals surface area (Å²) in [5.74, 6) is -0.338. The van der Waals surface area contributed by atoms with Gasteiger partial charge in [-0.15, -0.1) is 0 Å². The summed E-state index contributed by atoms with van der Waals surface area (Å²) in [5.41, 5.74) is 1.42. The van der Waals surface area contributed by atoms with Gasteiger partial charge in [-0.1, -0.05) is 18.2 Å². The summed E-state index contributed by atoms with van der Waals surface area (Å²) in [6.45, 7) is -0.307. The van der Waals surface area contributed by atoms with Gasteiger partial charge in [0.2, 0.25) is 0 Å². The minimum Gasteiger partial charge on any atom is -0.454 e. The largest absolute Gasteiger partial charge is 0.454 e. The van der Waals surface area contributed by atoms with Gasteiger partial charge >= 0.3 is 5.97 Å². The molecule has 6 atom stereocenters. The fourth-order valence-corrected chi connectivity index (χ4v) is 3.11. The summed E-state index contributed by atoms with van der Waals surface area (Å²) in [7, 11) is 0. The van der Waals surface area contributed by atoms with Crippen LogP contribution in [-0.2, 0) is 14.2 Å². The first-order valence-corrected chi connectivity index (χ1v) is 8.25. The number of rotatable bonds is 6. The molecule has 0 aliphatic carbocycles. The van der Waals surface area contributed by atoms with Gasteiger partial charge in [-0.25, -0.2) is 4.79 Å². The number of esters is 1. The number of benzene rings is 1. The second-order valence-electron chi connectivity index (χ2n) is 6.19. The van der Waals surface area contributed by atoms with Crippen LogP contribution < -0.4 is 0 Å². The molecule has 25 heavy (non-hydrogen) atoms. The highest BCUT2D eigenvalue weighted by atomic mass is 16.7. The molecular formula is C17H22O8. The number of carbonyl (C=O) groups excluding carboxylic acids is 1. The molecular weight excluding hydrogens is 332 g/mol. The first kappa shape index (κ1) is 18.2. The van der Waals surface area contributed by atoms with Gasteiger partial charge in [0, 0.05) is 5.56 Å². The Hall–Kier alpha value is -1.55. The Morgan fingerprint density at radius 2 is 1.84 bits per heavy atom. The van der Waals surface area contributed by atoms with Gasteiger partial charge in [-0.05, 0) is 18.9 Å². The van der Waals surface area contributed by atoms with E-state index in [2.05, 4.69) is 0 Å². The molecule has 0 radical (unpaired) electrons. The first-order valence-electron chi connectivity index (χ1n) is 8.25. The Bertz CT molecular complexity index is 604. The normalized spacial score (nSPS) is 34.6. The highest BCUT2D eigenvalue weighted by molar-refractivity contribution is 5.93. The summed E-state index contributed by atoms with van der Waals surface area (Å²) >= 11 is 0. The van der Waals surface area contributed by atoms with Crippen molar-refractivity contribution >= 4 is 5.97 Å². The third-order valence-electron chi connectivity index (χ3n) is 4.52. The number of hydrogen-bond acceptors (Lipinski definition) is 8. The molecule has 2 heterocycles. The molecule has 0 saturated carbocycles. The second-order valence-corrected chi connectivity index (χ2v) is 6.19. The zero-order valence-electron chi connectivity index (χ0n) is 13.5. The zero-order valence-corrected chi connectivity index (χ0v) is 13.5. The van der Waals surface area contributed by atoms with E-state index in [-0.39, 0.29) is 18.7 Å². The molecule has 8 heteroatoms. The van der Waals surface area contributed by atoms with E-state index in [1.165, 1.54) is 0 Å². The van der Waals surface area contributed by atoms with Gasteiger partial charge in [0.15, 0.2) is 6.29 Å². The number of aliphatic hydroxyl groups is 4. The predicted octanol–water partition coefficient (Wildman–Crippen LogP) is -0.505. The minimum atomic E-state index is -1.46. The smallest absolute Gasteiger partial charge is 0.339 e. The van der Waals surface area contributed by atoms with Crippen molar-refractivity contribution in [2.24, 2.45) is 0 Å². The Labute approximate surface area is 144 Å². The van der Waals surface area contributed by atoms with E-state index in [9.17, 15) is 20.1 Å². The molecule has 3 rings (SSSR count). The first-order chi connectivity index (χ1) is 12.0. The van der Waals surface area contributed by atoms with Gasteiger partial charge in [0.05, 0.1) is 18.8 Å². The van der Waals surface area contributed by atoms with Crippen LogP contribution >= 0.6 is 0 Å². The standard InChI is InChI=1S/C17H22O8/c18-8-12-13(19)14(20)15(21)17(25-12)23-7-3-6-11-9-4-1-2-5-10(9)16(22)24-11/h1-2,4-5,11-15,17-21H,3,6-8H2. The van der Waals surface area contributed by atoms with Crippen molar-refractivity contribution < 1.29 is 39.4 Å². The van der Waals surface area contributed by atoms with Gasteiger partial charge in [0.25, 0.3) is 0 Å². The minimum absolute atomic E-state index is 0.193. The van der Waals surface area contributed by atoms with Gasteiger partial charge < -0.3 is 34.6 Å². The number of fused-ring (bicyclic) bond motifs is 1. The second kappa shape index (κ2) is 7.77. The van der Waals surface area contributed by atoms with Crippen LogP contribution in [0.4, 0.5) is 0 Å². The number of carbonyl (C=O) groups is 1. The SMILES string of the molecule is O=C1OC(CCCOC2OC(CO)C(O)C(O)C2O)c2ccccc21. The Balaban J connectivity index is 1.48. The summed E-state index contributed by atoms with van der Waals surface area (Å²) < 4.78 is 16.0. The lowest BCUT2D eigenvalue weighted by molar-refractivity contribution is -0.301. The van der Waals surface area contributed by atoms with Crippen molar-refractivity contribution in [2.45, 2.75) is 49.7 Å². The van der Waals surface area contributed by atoms with Crippen molar-refractivity contribution in [1.29, 1.82) is 0 Å². The number of ether oxygens (including phenoxy) is 3. The number of aliphatic hydroxyl groups excluding tert-OH is 4. The average Bonchev–Trinajstić information content (AvgIpc) is 2.95. The van der Waals surface area contributed by atoms with Crippen LogP contribution in [0.15, 0.2) is 24.3 Å². The zero-order chi connectivity index (χ0) is 18.0. The van der Waals surface area contributed by atoms with E-state index in [1.807, 2.05) is 12.1 Å². The Morgan fingerprint density at radius 3 is 2.60 bits per heavy atom. The highest BCUT2D eigenvalue weighted by Gasteiger charge is 2.44. The molecule has 0 amide bonds. The molecule has 2 aliphatic rings. The molecule has 6 unspecified atom stereocenters. The van der Waals surface area contributed by atoms with Gasteiger partial charge in [-0.2, -0.15) is 0 Å². The fraction of sp³-hybridized carbons (Fsp3) is 0.588. The summed E-state index contributed by atoms with van der Waals surface area (Å²) in [6, 6.07) is 7.20. The maximum Gasteiger partial charge on any atom is 0.339 e.